The van der Waals surface area contributed by atoms with Crippen LogP contribution in [0.15, 0.2) is 48.5 Å². The van der Waals surface area contributed by atoms with E-state index in [4.69, 9.17) is 0 Å². The lowest BCUT2D eigenvalue weighted by Gasteiger charge is -2.16. The summed E-state index contributed by atoms with van der Waals surface area (Å²) in [5.74, 6) is -1.01. The normalized spacial score (nSPS) is 16.8. The van der Waals surface area contributed by atoms with Gasteiger partial charge < -0.3 is 0 Å². The Bertz CT molecular complexity index is 828. The Hall–Kier alpha value is -2.99. The van der Waals surface area contributed by atoms with E-state index in [-0.39, 0.29) is 24.1 Å². The number of amides is 3. The predicted molar refractivity (Wildman–Crippen MR) is 98.5 cm³/mol. The maximum Gasteiger partial charge on any atom is 0.265 e. The number of imide groups is 1. The van der Waals surface area contributed by atoms with E-state index in [0.29, 0.717) is 11.3 Å². The molecule has 3 amide bonds. The number of rotatable bonds is 5. The summed E-state index contributed by atoms with van der Waals surface area (Å²) in [6.45, 7) is 3.97. The fourth-order valence-electron chi connectivity index (χ4n) is 2.83. The molecular weight excluding hydrogens is 330 g/mol. The zero-order valence-corrected chi connectivity index (χ0v) is 14.8. The molecule has 2 aromatic rings. The number of aryl methyl sites for hydroxylation is 2. The van der Waals surface area contributed by atoms with Crippen molar-refractivity contribution in [1.82, 2.24) is 10.9 Å². The largest absolute Gasteiger partial charge is 0.287 e. The number of carbonyl (C=O) groups is 3. The summed E-state index contributed by atoms with van der Waals surface area (Å²) in [5.41, 5.74) is 8.41. The lowest BCUT2D eigenvalue weighted by molar-refractivity contribution is -0.121. The first-order chi connectivity index (χ1) is 12.5. The van der Waals surface area contributed by atoms with E-state index >= 15 is 0 Å². The highest BCUT2D eigenvalue weighted by Gasteiger charge is 2.39. The monoisotopic (exact) mass is 351 g/mol. The Kier molecular flexibility index (Phi) is 5.14. The van der Waals surface area contributed by atoms with E-state index < -0.39 is 6.04 Å². The first-order valence-corrected chi connectivity index (χ1v) is 8.58. The highest BCUT2D eigenvalue weighted by Crippen LogP contribution is 2.23. The van der Waals surface area contributed by atoms with Crippen LogP contribution < -0.4 is 15.8 Å². The van der Waals surface area contributed by atoms with Crippen molar-refractivity contribution in [2.75, 3.05) is 4.90 Å². The van der Waals surface area contributed by atoms with Gasteiger partial charge in [-0.2, -0.15) is 0 Å². The van der Waals surface area contributed by atoms with E-state index in [0.717, 1.165) is 22.4 Å². The molecule has 1 heterocycles. The standard InChI is InChI=1S/C20H21N3O3/c1-3-14-6-10-16(11-7-14)23-18(24)12-17(20(23)26)21-22-19(25)15-8-4-13(2)5-9-15/h4-11,17,21H,3,12H2,1-2H3,(H,22,25)/t17-/m0/s1. The minimum absolute atomic E-state index is 0.00252. The molecule has 2 aromatic carbocycles. The third-order valence-electron chi connectivity index (χ3n) is 4.42. The van der Waals surface area contributed by atoms with Crippen molar-refractivity contribution in [2.45, 2.75) is 32.7 Å². The van der Waals surface area contributed by atoms with Gasteiger partial charge in [-0.05, 0) is 43.2 Å². The highest BCUT2D eigenvalue weighted by molar-refractivity contribution is 6.22. The van der Waals surface area contributed by atoms with Crippen molar-refractivity contribution in [2.24, 2.45) is 0 Å². The third kappa shape index (κ3) is 3.65. The molecule has 1 aliphatic heterocycles. The molecule has 0 radical (unpaired) electrons. The molecule has 0 bridgehead atoms. The maximum atomic E-state index is 12.6. The summed E-state index contributed by atoms with van der Waals surface area (Å²) in [5, 5.41) is 0. The number of nitrogens with one attached hydrogen (secondary N) is 2. The van der Waals surface area contributed by atoms with Crippen LogP contribution in [0.2, 0.25) is 0 Å². The van der Waals surface area contributed by atoms with Crippen molar-refractivity contribution in [3.63, 3.8) is 0 Å². The zero-order valence-electron chi connectivity index (χ0n) is 14.8. The molecule has 3 rings (SSSR count). The van der Waals surface area contributed by atoms with Gasteiger partial charge in [-0.1, -0.05) is 36.8 Å². The van der Waals surface area contributed by atoms with Crippen LogP contribution in [0.5, 0.6) is 0 Å². The minimum atomic E-state index is -0.775. The second-order valence-corrected chi connectivity index (χ2v) is 6.31. The molecule has 1 aliphatic rings. The van der Waals surface area contributed by atoms with Gasteiger partial charge in [0.1, 0.15) is 6.04 Å². The molecule has 6 heteroatoms. The average molecular weight is 351 g/mol. The number of nitrogens with zero attached hydrogens (tertiary/aromatic N) is 1. The summed E-state index contributed by atoms with van der Waals surface area (Å²) < 4.78 is 0. The summed E-state index contributed by atoms with van der Waals surface area (Å²) >= 11 is 0. The Labute approximate surface area is 152 Å². The van der Waals surface area contributed by atoms with Crippen LogP contribution >= 0.6 is 0 Å². The van der Waals surface area contributed by atoms with E-state index in [9.17, 15) is 14.4 Å². The number of hydrogen-bond acceptors (Lipinski definition) is 4. The minimum Gasteiger partial charge on any atom is -0.287 e. The SMILES string of the molecule is CCc1ccc(N2C(=O)C[C@H](NNC(=O)c3ccc(C)cc3)C2=O)cc1. The summed E-state index contributed by atoms with van der Waals surface area (Å²) in [6, 6.07) is 13.6. The molecule has 134 valence electrons. The van der Waals surface area contributed by atoms with Gasteiger partial charge in [0.2, 0.25) is 5.91 Å². The maximum absolute atomic E-state index is 12.6. The zero-order chi connectivity index (χ0) is 18.7. The molecule has 0 unspecified atom stereocenters. The first-order valence-electron chi connectivity index (χ1n) is 8.58. The van der Waals surface area contributed by atoms with Crippen LogP contribution in [-0.2, 0) is 16.0 Å². The van der Waals surface area contributed by atoms with Crippen LogP contribution in [0.4, 0.5) is 5.69 Å². The van der Waals surface area contributed by atoms with Crippen molar-refractivity contribution in [3.8, 4) is 0 Å². The molecule has 0 spiro atoms. The third-order valence-corrected chi connectivity index (χ3v) is 4.42. The number of carbonyl (C=O) groups excluding carboxylic acids is 3. The summed E-state index contributed by atoms with van der Waals surface area (Å²) in [4.78, 5) is 38.1. The molecule has 2 N–H and O–H groups in total. The predicted octanol–water partition coefficient (Wildman–Crippen LogP) is 2.12. The number of hydrogen-bond donors (Lipinski definition) is 2. The van der Waals surface area contributed by atoms with Crippen molar-refractivity contribution >= 4 is 23.4 Å². The van der Waals surface area contributed by atoms with Gasteiger partial charge in [0.25, 0.3) is 11.8 Å². The van der Waals surface area contributed by atoms with Crippen LogP contribution in [0.3, 0.4) is 0 Å². The average Bonchev–Trinajstić information content (AvgIpc) is 2.94. The number of hydrazine groups is 1. The molecule has 0 aromatic heterocycles. The highest BCUT2D eigenvalue weighted by atomic mass is 16.2. The van der Waals surface area contributed by atoms with Crippen LogP contribution in [-0.4, -0.2) is 23.8 Å². The van der Waals surface area contributed by atoms with Gasteiger partial charge in [0.15, 0.2) is 0 Å². The van der Waals surface area contributed by atoms with Gasteiger partial charge in [0.05, 0.1) is 12.1 Å². The Balaban J connectivity index is 1.64. The Morgan fingerprint density at radius 2 is 1.73 bits per heavy atom. The molecule has 6 nitrogen and oxygen atoms in total. The lowest BCUT2D eigenvalue weighted by atomic mass is 10.1. The van der Waals surface area contributed by atoms with Crippen molar-refractivity contribution < 1.29 is 14.4 Å². The smallest absolute Gasteiger partial charge is 0.265 e. The van der Waals surface area contributed by atoms with Crippen LogP contribution in [0.25, 0.3) is 0 Å². The van der Waals surface area contributed by atoms with Crippen LogP contribution in [0, 0.1) is 6.92 Å². The number of benzene rings is 2. The molecule has 0 saturated carbocycles. The first kappa shape index (κ1) is 17.8. The van der Waals surface area contributed by atoms with Gasteiger partial charge >= 0.3 is 0 Å². The quantitative estimate of drug-likeness (QED) is 0.639. The molecular formula is C20H21N3O3. The number of anilines is 1. The van der Waals surface area contributed by atoms with E-state index in [1.807, 2.05) is 38.1 Å². The Morgan fingerprint density at radius 1 is 1.08 bits per heavy atom. The second-order valence-electron chi connectivity index (χ2n) is 6.31. The van der Waals surface area contributed by atoms with Crippen LogP contribution in [0.1, 0.15) is 34.8 Å². The fourth-order valence-corrected chi connectivity index (χ4v) is 2.83. The van der Waals surface area contributed by atoms with Crippen molar-refractivity contribution in [1.29, 1.82) is 0 Å². The summed E-state index contributed by atoms with van der Waals surface area (Å²) in [6.07, 6.45) is 0.889. The fraction of sp³-hybridized carbons (Fsp3) is 0.250. The summed E-state index contributed by atoms with van der Waals surface area (Å²) in [7, 11) is 0. The molecule has 26 heavy (non-hydrogen) atoms. The van der Waals surface area contributed by atoms with Gasteiger partial charge in [-0.25, -0.2) is 10.3 Å². The van der Waals surface area contributed by atoms with Gasteiger partial charge in [0, 0.05) is 5.56 Å². The Morgan fingerprint density at radius 3 is 2.35 bits per heavy atom. The van der Waals surface area contributed by atoms with E-state index in [1.54, 1.807) is 24.3 Å². The molecule has 1 atom stereocenters. The lowest BCUT2D eigenvalue weighted by Crippen LogP contribution is -2.48. The molecule has 1 saturated heterocycles. The molecule has 0 aliphatic carbocycles. The van der Waals surface area contributed by atoms with Crippen molar-refractivity contribution in [3.05, 3.63) is 65.2 Å². The topological polar surface area (TPSA) is 78.5 Å². The van der Waals surface area contributed by atoms with Gasteiger partial charge in [-0.15, -0.1) is 0 Å². The van der Waals surface area contributed by atoms with E-state index in [2.05, 4.69) is 10.9 Å². The van der Waals surface area contributed by atoms with E-state index in [1.165, 1.54) is 0 Å². The molecule has 1 fully saturated rings. The second kappa shape index (κ2) is 7.49. The van der Waals surface area contributed by atoms with Gasteiger partial charge in [-0.3, -0.25) is 19.8 Å².